The fraction of sp³-hybridized carbons (Fsp3) is 0. The van der Waals surface area contributed by atoms with Crippen LogP contribution in [0.5, 0.6) is 0 Å². The molecule has 6 heteroatoms. The van der Waals surface area contributed by atoms with Crippen molar-refractivity contribution >= 4 is 22.5 Å². The van der Waals surface area contributed by atoms with Crippen molar-refractivity contribution in [2.75, 3.05) is 5.32 Å². The number of fused-ring (bicyclic) bond motifs is 1. The van der Waals surface area contributed by atoms with Gasteiger partial charge in [0.2, 0.25) is 0 Å². The van der Waals surface area contributed by atoms with Gasteiger partial charge in [-0.2, -0.15) is 5.10 Å². The standard InChI is InChI=1S/C10H8N6/c1-2-8-9(11-3-1)10(13-6-12-8)16-7-4-14-15-5-7/h1-6H,(H,14,15)(H,12,13,16). The molecule has 3 rings (SSSR count). The SMILES string of the molecule is c1cnc2c(Nc3cn[nH]c3)ncnc2c1. The Labute approximate surface area is 90.8 Å². The van der Waals surface area contributed by atoms with Crippen molar-refractivity contribution in [3.8, 4) is 0 Å². The number of nitrogens with zero attached hydrogens (tertiary/aromatic N) is 4. The van der Waals surface area contributed by atoms with E-state index in [0.717, 1.165) is 16.7 Å². The molecule has 78 valence electrons. The maximum absolute atomic E-state index is 4.24. The summed E-state index contributed by atoms with van der Waals surface area (Å²) >= 11 is 0. The van der Waals surface area contributed by atoms with Crippen molar-refractivity contribution in [1.82, 2.24) is 25.1 Å². The highest BCUT2D eigenvalue weighted by Gasteiger charge is 2.04. The molecule has 6 nitrogen and oxygen atoms in total. The number of hydrogen-bond donors (Lipinski definition) is 2. The molecule has 3 aromatic heterocycles. The molecule has 0 spiro atoms. The van der Waals surface area contributed by atoms with E-state index >= 15 is 0 Å². The Bertz CT molecular complexity index is 598. The summed E-state index contributed by atoms with van der Waals surface area (Å²) in [7, 11) is 0. The van der Waals surface area contributed by atoms with Gasteiger partial charge >= 0.3 is 0 Å². The predicted molar refractivity (Wildman–Crippen MR) is 59.2 cm³/mol. The largest absolute Gasteiger partial charge is 0.336 e. The normalized spacial score (nSPS) is 10.5. The van der Waals surface area contributed by atoms with Crippen LogP contribution in [-0.4, -0.2) is 25.1 Å². The van der Waals surface area contributed by atoms with Crippen LogP contribution in [0.1, 0.15) is 0 Å². The highest BCUT2D eigenvalue weighted by Crippen LogP contribution is 2.19. The summed E-state index contributed by atoms with van der Waals surface area (Å²) in [4.78, 5) is 12.5. The van der Waals surface area contributed by atoms with E-state index in [1.54, 1.807) is 18.6 Å². The molecule has 2 N–H and O–H groups in total. The van der Waals surface area contributed by atoms with Gasteiger partial charge in [0.1, 0.15) is 11.8 Å². The topological polar surface area (TPSA) is 79.4 Å². The minimum absolute atomic E-state index is 0.673. The quantitative estimate of drug-likeness (QED) is 0.672. The smallest absolute Gasteiger partial charge is 0.160 e. The highest BCUT2D eigenvalue weighted by atomic mass is 15.1. The first-order valence-corrected chi connectivity index (χ1v) is 4.75. The lowest BCUT2D eigenvalue weighted by Gasteiger charge is -2.04. The maximum atomic E-state index is 4.24. The number of aromatic amines is 1. The van der Waals surface area contributed by atoms with Crippen LogP contribution in [0.4, 0.5) is 11.5 Å². The Hall–Kier alpha value is -2.50. The Balaban J connectivity index is 2.10. The first-order valence-electron chi connectivity index (χ1n) is 4.75. The molecular formula is C10H8N6. The van der Waals surface area contributed by atoms with E-state index in [2.05, 4.69) is 30.5 Å². The van der Waals surface area contributed by atoms with Gasteiger partial charge in [0, 0.05) is 12.4 Å². The first-order chi connectivity index (χ1) is 7.93. The number of anilines is 2. The summed E-state index contributed by atoms with van der Waals surface area (Å²) in [6.45, 7) is 0. The second-order valence-corrected chi connectivity index (χ2v) is 3.21. The van der Waals surface area contributed by atoms with E-state index in [1.807, 2.05) is 12.1 Å². The monoisotopic (exact) mass is 212 g/mol. The van der Waals surface area contributed by atoms with Gasteiger partial charge in [-0.3, -0.25) is 10.1 Å². The Kier molecular flexibility index (Phi) is 1.96. The van der Waals surface area contributed by atoms with Crippen LogP contribution >= 0.6 is 0 Å². The van der Waals surface area contributed by atoms with Crippen LogP contribution in [0.3, 0.4) is 0 Å². The third kappa shape index (κ3) is 1.46. The molecule has 0 atom stereocenters. The minimum Gasteiger partial charge on any atom is -0.336 e. The van der Waals surface area contributed by atoms with E-state index in [-0.39, 0.29) is 0 Å². The van der Waals surface area contributed by atoms with Crippen LogP contribution in [0, 0.1) is 0 Å². The van der Waals surface area contributed by atoms with Crippen LogP contribution in [0.15, 0.2) is 37.1 Å². The van der Waals surface area contributed by atoms with E-state index < -0.39 is 0 Å². The molecular weight excluding hydrogens is 204 g/mol. The zero-order valence-electron chi connectivity index (χ0n) is 8.25. The molecule has 3 heterocycles. The Morgan fingerprint density at radius 3 is 3.06 bits per heavy atom. The molecule has 0 aromatic carbocycles. The average molecular weight is 212 g/mol. The predicted octanol–water partition coefficient (Wildman–Crippen LogP) is 1.49. The third-order valence-corrected chi connectivity index (χ3v) is 2.16. The number of rotatable bonds is 2. The van der Waals surface area contributed by atoms with E-state index in [4.69, 9.17) is 0 Å². The average Bonchev–Trinajstić information content (AvgIpc) is 2.82. The molecule has 0 saturated carbocycles. The summed E-state index contributed by atoms with van der Waals surface area (Å²) in [5.41, 5.74) is 2.39. The van der Waals surface area contributed by atoms with E-state index in [9.17, 15) is 0 Å². The summed E-state index contributed by atoms with van der Waals surface area (Å²) < 4.78 is 0. The second-order valence-electron chi connectivity index (χ2n) is 3.21. The number of nitrogens with one attached hydrogen (secondary N) is 2. The molecule has 0 aliphatic heterocycles. The molecule has 0 bridgehead atoms. The lowest BCUT2D eigenvalue weighted by Crippen LogP contribution is -1.96. The van der Waals surface area contributed by atoms with Crippen LogP contribution in [0.25, 0.3) is 11.0 Å². The van der Waals surface area contributed by atoms with Gasteiger partial charge in [-0.15, -0.1) is 0 Å². The Morgan fingerprint density at radius 1 is 1.19 bits per heavy atom. The lowest BCUT2D eigenvalue weighted by atomic mass is 10.3. The van der Waals surface area contributed by atoms with Gasteiger partial charge in [-0.1, -0.05) is 0 Å². The molecule has 16 heavy (non-hydrogen) atoms. The van der Waals surface area contributed by atoms with Gasteiger partial charge < -0.3 is 5.32 Å². The van der Waals surface area contributed by atoms with Crippen LogP contribution in [-0.2, 0) is 0 Å². The van der Waals surface area contributed by atoms with E-state index in [1.165, 1.54) is 6.33 Å². The van der Waals surface area contributed by atoms with Gasteiger partial charge in [0.05, 0.1) is 17.4 Å². The van der Waals surface area contributed by atoms with Gasteiger partial charge in [0.15, 0.2) is 5.82 Å². The van der Waals surface area contributed by atoms with Gasteiger partial charge in [0.25, 0.3) is 0 Å². The van der Waals surface area contributed by atoms with Gasteiger partial charge in [-0.05, 0) is 12.1 Å². The van der Waals surface area contributed by atoms with Crippen molar-refractivity contribution in [2.24, 2.45) is 0 Å². The molecule has 0 unspecified atom stereocenters. The van der Waals surface area contributed by atoms with E-state index in [0.29, 0.717) is 5.82 Å². The molecule has 0 saturated heterocycles. The second kappa shape index (κ2) is 3.58. The third-order valence-electron chi connectivity index (χ3n) is 2.16. The first kappa shape index (κ1) is 8.78. The van der Waals surface area contributed by atoms with Crippen LogP contribution in [0.2, 0.25) is 0 Å². The molecule has 0 aliphatic rings. The number of hydrogen-bond acceptors (Lipinski definition) is 5. The fourth-order valence-electron chi connectivity index (χ4n) is 1.44. The van der Waals surface area contributed by atoms with Crippen molar-refractivity contribution in [1.29, 1.82) is 0 Å². The zero-order chi connectivity index (χ0) is 10.8. The molecule has 0 fully saturated rings. The number of aromatic nitrogens is 5. The molecule has 0 radical (unpaired) electrons. The molecule has 0 aliphatic carbocycles. The summed E-state index contributed by atoms with van der Waals surface area (Å²) in [6.07, 6.45) is 6.65. The van der Waals surface area contributed by atoms with Crippen molar-refractivity contribution in [3.63, 3.8) is 0 Å². The van der Waals surface area contributed by atoms with Gasteiger partial charge in [-0.25, -0.2) is 9.97 Å². The van der Waals surface area contributed by atoms with Crippen LogP contribution < -0.4 is 5.32 Å². The fourth-order valence-corrected chi connectivity index (χ4v) is 1.44. The summed E-state index contributed by atoms with van der Waals surface area (Å²) in [5, 5.41) is 9.69. The molecule has 3 aromatic rings. The van der Waals surface area contributed by atoms with Crippen molar-refractivity contribution in [2.45, 2.75) is 0 Å². The zero-order valence-corrected chi connectivity index (χ0v) is 8.25. The van der Waals surface area contributed by atoms with Crippen molar-refractivity contribution in [3.05, 3.63) is 37.1 Å². The summed E-state index contributed by atoms with van der Waals surface area (Å²) in [6, 6.07) is 3.74. The number of H-pyrrole nitrogens is 1. The maximum Gasteiger partial charge on any atom is 0.160 e. The summed E-state index contributed by atoms with van der Waals surface area (Å²) in [5.74, 6) is 0.673. The van der Waals surface area contributed by atoms with Crippen molar-refractivity contribution < 1.29 is 0 Å². The molecule has 0 amide bonds. The lowest BCUT2D eigenvalue weighted by molar-refractivity contribution is 1.09. The minimum atomic E-state index is 0.673. The highest BCUT2D eigenvalue weighted by molar-refractivity contribution is 5.86. The number of pyridine rings is 1. The Morgan fingerprint density at radius 2 is 2.19 bits per heavy atom.